The molecule has 0 aromatic rings. The quantitative estimate of drug-likeness (QED) is 0.193. The molecule has 3 unspecified atom stereocenters. The molecule has 45 heavy (non-hydrogen) atoms. The van der Waals surface area contributed by atoms with Crippen LogP contribution in [0.3, 0.4) is 0 Å². The number of halogens is 2. The van der Waals surface area contributed by atoms with E-state index in [0.717, 1.165) is 38.5 Å². The van der Waals surface area contributed by atoms with Gasteiger partial charge >= 0.3 is 12.1 Å². The molecule has 3 aliphatic heterocycles. The van der Waals surface area contributed by atoms with E-state index in [2.05, 4.69) is 27.0 Å². The predicted molar refractivity (Wildman–Crippen MR) is 168 cm³/mol. The average Bonchev–Trinajstić information content (AvgIpc) is 3.26. The molecule has 0 bridgehead atoms. The second kappa shape index (κ2) is 13.9. The summed E-state index contributed by atoms with van der Waals surface area (Å²) in [5.41, 5.74) is 7.67. The molecule has 4 fully saturated rings. The zero-order valence-electron chi connectivity index (χ0n) is 26.2. The van der Waals surface area contributed by atoms with E-state index in [-0.39, 0.29) is 47.8 Å². The van der Waals surface area contributed by atoms with E-state index in [4.69, 9.17) is 27.9 Å². The first kappa shape index (κ1) is 34.2. The molecule has 2 saturated heterocycles. The van der Waals surface area contributed by atoms with E-state index < -0.39 is 47.1 Å². The maximum Gasteiger partial charge on any atom is 0.408 e. The van der Waals surface area contributed by atoms with Crippen LogP contribution in [0.4, 0.5) is 4.79 Å². The molecule has 0 radical (unpaired) electrons. The van der Waals surface area contributed by atoms with Gasteiger partial charge in [-0.1, -0.05) is 25.0 Å². The Hall–Kier alpha value is -2.16. The Morgan fingerprint density at radius 3 is 2.51 bits per heavy atom. The molecule has 3 heterocycles. The normalized spacial score (nSPS) is 39.1. The van der Waals surface area contributed by atoms with Crippen molar-refractivity contribution >= 4 is 47.1 Å². The molecule has 13 nitrogen and oxygen atoms in total. The van der Waals surface area contributed by atoms with Crippen molar-refractivity contribution in [3.8, 4) is 0 Å². The van der Waals surface area contributed by atoms with Crippen LogP contribution in [-0.4, -0.2) is 91.7 Å². The summed E-state index contributed by atoms with van der Waals surface area (Å²) in [6.07, 6.45) is 9.35. The van der Waals surface area contributed by atoms with Gasteiger partial charge in [-0.3, -0.25) is 9.59 Å². The second-order valence-electron chi connectivity index (χ2n) is 14.1. The Bertz CT molecular complexity index is 1160. The first-order chi connectivity index (χ1) is 21.3. The van der Waals surface area contributed by atoms with Gasteiger partial charge in [0.05, 0.1) is 12.2 Å². The minimum Gasteiger partial charge on any atom is -0.479 e. The number of allylic oxidation sites excluding steroid dienone is 1. The summed E-state index contributed by atoms with van der Waals surface area (Å²) in [7, 11) is 0. The zero-order valence-corrected chi connectivity index (χ0v) is 27.7. The molecule has 15 heteroatoms. The largest absolute Gasteiger partial charge is 0.479 e. The van der Waals surface area contributed by atoms with Gasteiger partial charge in [-0.2, -0.15) is 10.7 Å². The number of fused-ring (bicyclic) bond motifs is 2. The molecule has 252 valence electrons. The van der Waals surface area contributed by atoms with Crippen molar-refractivity contribution in [1.29, 1.82) is 0 Å². The van der Waals surface area contributed by atoms with Crippen LogP contribution in [0.25, 0.3) is 0 Å². The van der Waals surface area contributed by atoms with Crippen molar-refractivity contribution in [2.75, 3.05) is 6.54 Å². The van der Waals surface area contributed by atoms with Gasteiger partial charge in [0, 0.05) is 23.2 Å². The number of hydrogen-bond acceptors (Lipinski definition) is 9. The van der Waals surface area contributed by atoms with Gasteiger partial charge in [0.1, 0.15) is 23.2 Å². The Balaban J connectivity index is 1.37. The van der Waals surface area contributed by atoms with Crippen molar-refractivity contribution in [2.24, 2.45) is 11.8 Å². The molecule has 2 saturated carbocycles. The highest BCUT2D eigenvalue weighted by Gasteiger charge is 2.61. The van der Waals surface area contributed by atoms with Crippen LogP contribution >= 0.6 is 23.2 Å². The van der Waals surface area contributed by atoms with Crippen LogP contribution in [0, 0.1) is 11.8 Å². The van der Waals surface area contributed by atoms with E-state index >= 15 is 0 Å². The fourth-order valence-corrected chi connectivity index (χ4v) is 7.96. The lowest BCUT2D eigenvalue weighted by atomic mass is 9.86. The molecule has 6 N–H and O–H groups in total. The number of carbonyl (C=O) groups is 4. The predicted octanol–water partition coefficient (Wildman–Crippen LogP) is 2.50. The van der Waals surface area contributed by atoms with Crippen LogP contribution < -0.4 is 27.0 Å². The fourth-order valence-electron chi connectivity index (χ4n) is 6.98. The van der Waals surface area contributed by atoms with E-state index in [0.29, 0.717) is 19.3 Å². The summed E-state index contributed by atoms with van der Waals surface area (Å²) >= 11 is 12.9. The number of carboxylic acids is 1. The number of amides is 3. The van der Waals surface area contributed by atoms with E-state index in [1.54, 1.807) is 25.9 Å². The molecule has 5 rings (SSSR count). The Kier molecular flexibility index (Phi) is 10.6. The third kappa shape index (κ3) is 8.23. The summed E-state index contributed by atoms with van der Waals surface area (Å²) in [6, 6.07) is -2.21. The minimum atomic E-state index is -1.40. The van der Waals surface area contributed by atoms with Crippen LogP contribution in [0.15, 0.2) is 12.2 Å². The third-order valence-electron chi connectivity index (χ3n) is 9.41. The third-order valence-corrected chi connectivity index (χ3v) is 10.1. The van der Waals surface area contributed by atoms with E-state index in [9.17, 15) is 24.3 Å². The lowest BCUT2D eigenvalue weighted by molar-refractivity contribution is -0.145. The molecule has 0 spiro atoms. The molecule has 0 aromatic heterocycles. The van der Waals surface area contributed by atoms with Crippen LogP contribution in [-0.2, 0) is 19.1 Å². The molecule has 5 aliphatic rings. The number of hydrogen-bond donors (Lipinski definition) is 6. The van der Waals surface area contributed by atoms with E-state index in [1.807, 2.05) is 12.2 Å². The summed E-state index contributed by atoms with van der Waals surface area (Å²) in [5, 5.41) is 17.4. The lowest BCUT2D eigenvalue weighted by Gasteiger charge is -2.32. The summed E-state index contributed by atoms with van der Waals surface area (Å²) < 4.78 is 5.46. The molecular formula is C30H47Cl2N7O6. The number of ether oxygens (including phenoxy) is 1. The maximum atomic E-state index is 14.2. The topological polar surface area (TPSA) is 164 Å². The smallest absolute Gasteiger partial charge is 0.408 e. The number of nitrogens with one attached hydrogen (secondary N) is 5. The summed E-state index contributed by atoms with van der Waals surface area (Å²) in [5.74, 6) is -2.17. The number of alkyl carbamates (subject to hydrolysis) is 1. The highest BCUT2D eigenvalue weighted by atomic mass is 35.5. The monoisotopic (exact) mass is 671 g/mol. The van der Waals surface area contributed by atoms with Crippen molar-refractivity contribution in [1.82, 2.24) is 37.0 Å². The number of nitrogens with zero attached hydrogens (tertiary/aromatic N) is 2. The van der Waals surface area contributed by atoms with Gasteiger partial charge in [0.2, 0.25) is 11.8 Å². The first-order valence-electron chi connectivity index (χ1n) is 16.1. The number of alkyl halides is 2. The van der Waals surface area contributed by atoms with Gasteiger partial charge in [-0.25, -0.2) is 20.4 Å². The highest BCUT2D eigenvalue weighted by Crippen LogP contribution is 2.45. The van der Waals surface area contributed by atoms with E-state index in [1.165, 1.54) is 4.90 Å². The molecular weight excluding hydrogens is 625 g/mol. The number of carbonyl (C=O) groups excluding carboxylic acids is 3. The molecule has 8 atom stereocenters. The van der Waals surface area contributed by atoms with Gasteiger partial charge in [-0.15, -0.1) is 23.2 Å². The van der Waals surface area contributed by atoms with Crippen molar-refractivity contribution in [3.05, 3.63) is 12.2 Å². The highest BCUT2D eigenvalue weighted by molar-refractivity contribution is 6.23. The van der Waals surface area contributed by atoms with Crippen LogP contribution in [0.1, 0.15) is 85.0 Å². The Morgan fingerprint density at radius 2 is 1.82 bits per heavy atom. The number of carboxylic acid groups (broad SMARTS) is 1. The Morgan fingerprint density at radius 1 is 1.09 bits per heavy atom. The molecule has 0 aromatic carbocycles. The van der Waals surface area contributed by atoms with Gasteiger partial charge in [0.25, 0.3) is 0 Å². The van der Waals surface area contributed by atoms with Crippen LogP contribution in [0.5, 0.6) is 0 Å². The SMILES string of the molecule is CC(C)(C)OC(=O)N[C@H]1CCCCC/C=C\[C@@H]2C[C@@]2(C(=O)O)NC(=O)[C@@H]2C[C@@H](N3NNC(C4CC(Cl)CC(Cl)C4)N3)CN2C1=O. The Labute approximate surface area is 274 Å². The molecule has 2 aliphatic carbocycles. The van der Waals surface area contributed by atoms with Crippen molar-refractivity contribution in [3.63, 3.8) is 0 Å². The second-order valence-corrected chi connectivity index (χ2v) is 15.4. The van der Waals surface area contributed by atoms with Crippen LogP contribution in [0.2, 0.25) is 0 Å². The van der Waals surface area contributed by atoms with Crippen molar-refractivity contribution in [2.45, 2.75) is 131 Å². The number of aliphatic carboxylic acids is 1. The zero-order chi connectivity index (χ0) is 32.5. The van der Waals surface area contributed by atoms with Gasteiger partial charge in [0.15, 0.2) is 0 Å². The number of hydrazine groups is 3. The molecule has 3 amide bonds. The summed E-state index contributed by atoms with van der Waals surface area (Å²) in [4.78, 5) is 54.7. The maximum absolute atomic E-state index is 14.2. The summed E-state index contributed by atoms with van der Waals surface area (Å²) in [6.45, 7) is 5.41. The minimum absolute atomic E-state index is 0.0195. The van der Waals surface area contributed by atoms with Gasteiger partial charge < -0.3 is 25.4 Å². The lowest BCUT2D eigenvalue weighted by Crippen LogP contribution is -2.56. The van der Waals surface area contributed by atoms with Crippen molar-refractivity contribution < 1.29 is 29.0 Å². The number of rotatable bonds is 4. The standard InChI is InChI=1S/C30H47Cl2N7O6/c1-29(2,3)45-28(44)33-22-10-8-6-4-5-7-9-18-15-30(18,27(42)43)34-25(40)23-14-21(16-38(23)26(22)41)39-36-24(35-37-39)17-11-19(31)13-20(32)12-17/h7,9,17-24,35-37H,4-6,8,10-16H2,1-3H3,(H,33,44)(H,34,40)(H,42,43)/b9-7-/t17?,18-,19?,20?,21-,22+,23+,24?,30-/m1/s1. The average molecular weight is 673 g/mol. The fraction of sp³-hybridized carbons (Fsp3) is 0.800. The van der Waals surface area contributed by atoms with Gasteiger partial charge in [-0.05, 0) is 78.1 Å². The first-order valence-corrected chi connectivity index (χ1v) is 17.0.